The Hall–Kier alpha value is -1.55. The molecule has 1 N–H and O–H groups in total. The topological polar surface area (TPSA) is 49.8 Å². The van der Waals surface area contributed by atoms with E-state index >= 15 is 0 Å². The van der Waals surface area contributed by atoms with Crippen LogP contribution in [0.1, 0.15) is 6.42 Å². The van der Waals surface area contributed by atoms with Crippen LogP contribution in [0.2, 0.25) is 0 Å². The predicted molar refractivity (Wildman–Crippen MR) is 58.1 cm³/mol. The summed E-state index contributed by atoms with van der Waals surface area (Å²) >= 11 is 0. The average molecular weight is 209 g/mol. The summed E-state index contributed by atoms with van der Waals surface area (Å²) in [6.07, 6.45) is 0.133. The molecule has 0 saturated carbocycles. The second-order valence-corrected chi connectivity index (χ2v) is 3.13. The molecule has 0 radical (unpaired) electrons. The van der Waals surface area contributed by atoms with Gasteiger partial charge >= 0.3 is 0 Å². The molecule has 0 unspecified atom stereocenters. The van der Waals surface area contributed by atoms with Crippen LogP contribution < -0.4 is 9.64 Å². The lowest BCUT2D eigenvalue weighted by Crippen LogP contribution is -2.26. The van der Waals surface area contributed by atoms with Crippen LogP contribution in [-0.4, -0.2) is 31.8 Å². The number of aliphatic hydroxyl groups is 1. The summed E-state index contributed by atoms with van der Waals surface area (Å²) in [5, 5.41) is 8.66. The molecule has 0 saturated heterocycles. The Labute approximate surface area is 89.1 Å². The van der Waals surface area contributed by atoms with E-state index in [4.69, 9.17) is 9.84 Å². The fourth-order valence-electron chi connectivity index (χ4n) is 1.23. The normalized spacial score (nSPS) is 9.80. The number of carbonyl (C=O) groups is 1. The van der Waals surface area contributed by atoms with E-state index in [9.17, 15) is 4.79 Å². The van der Waals surface area contributed by atoms with Gasteiger partial charge in [-0.25, -0.2) is 0 Å². The molecule has 0 aliphatic heterocycles. The molecule has 0 heterocycles. The molecule has 1 amide bonds. The molecule has 0 aliphatic rings. The fraction of sp³-hybridized carbons (Fsp3) is 0.364. The molecule has 1 aromatic carbocycles. The van der Waals surface area contributed by atoms with E-state index in [2.05, 4.69) is 0 Å². The van der Waals surface area contributed by atoms with Crippen molar-refractivity contribution in [2.45, 2.75) is 6.42 Å². The van der Waals surface area contributed by atoms with Gasteiger partial charge in [-0.3, -0.25) is 4.79 Å². The van der Waals surface area contributed by atoms with Gasteiger partial charge in [0.05, 0.1) is 20.1 Å². The molecule has 4 nitrogen and oxygen atoms in total. The van der Waals surface area contributed by atoms with Crippen LogP contribution in [0.3, 0.4) is 0 Å². The van der Waals surface area contributed by atoms with Crippen LogP contribution in [0.25, 0.3) is 0 Å². The van der Waals surface area contributed by atoms with Gasteiger partial charge in [0.25, 0.3) is 0 Å². The smallest absolute Gasteiger partial charge is 0.229 e. The first-order chi connectivity index (χ1) is 7.19. The van der Waals surface area contributed by atoms with E-state index in [-0.39, 0.29) is 18.9 Å². The molecule has 0 fully saturated rings. The number of hydrogen-bond acceptors (Lipinski definition) is 3. The summed E-state index contributed by atoms with van der Waals surface area (Å²) in [5.74, 6) is 0.585. The highest BCUT2D eigenvalue weighted by atomic mass is 16.5. The Morgan fingerprint density at radius 3 is 2.87 bits per heavy atom. The van der Waals surface area contributed by atoms with Gasteiger partial charge in [0.15, 0.2) is 0 Å². The largest absolute Gasteiger partial charge is 0.497 e. The summed E-state index contributed by atoms with van der Waals surface area (Å²) in [6, 6.07) is 7.22. The highest BCUT2D eigenvalue weighted by Crippen LogP contribution is 2.20. The monoisotopic (exact) mass is 209 g/mol. The molecule has 1 aromatic rings. The van der Waals surface area contributed by atoms with Crippen molar-refractivity contribution in [2.75, 3.05) is 25.7 Å². The zero-order chi connectivity index (χ0) is 11.3. The number of rotatable bonds is 4. The lowest BCUT2D eigenvalue weighted by Gasteiger charge is -2.17. The molecule has 15 heavy (non-hydrogen) atoms. The van der Waals surface area contributed by atoms with Gasteiger partial charge in [-0.2, -0.15) is 0 Å². The molecule has 1 rings (SSSR count). The maximum absolute atomic E-state index is 11.5. The van der Waals surface area contributed by atoms with Crippen molar-refractivity contribution in [3.05, 3.63) is 24.3 Å². The molecular weight excluding hydrogens is 194 g/mol. The molecule has 0 bridgehead atoms. The Kier molecular flexibility index (Phi) is 4.12. The minimum atomic E-state index is -0.132. The Morgan fingerprint density at radius 2 is 2.27 bits per heavy atom. The van der Waals surface area contributed by atoms with Gasteiger partial charge in [-0.05, 0) is 12.1 Å². The maximum Gasteiger partial charge on any atom is 0.229 e. The Balaban J connectivity index is 2.81. The zero-order valence-electron chi connectivity index (χ0n) is 8.93. The third kappa shape index (κ3) is 2.95. The number of aliphatic hydroxyl groups excluding tert-OH is 1. The van der Waals surface area contributed by atoms with Gasteiger partial charge < -0.3 is 14.7 Å². The summed E-state index contributed by atoms with van der Waals surface area (Å²) < 4.78 is 5.06. The lowest BCUT2D eigenvalue weighted by atomic mass is 10.2. The highest BCUT2D eigenvalue weighted by molar-refractivity contribution is 5.92. The minimum Gasteiger partial charge on any atom is -0.497 e. The van der Waals surface area contributed by atoms with E-state index < -0.39 is 0 Å². The van der Waals surface area contributed by atoms with Gasteiger partial charge in [-0.1, -0.05) is 6.07 Å². The molecule has 0 spiro atoms. The first-order valence-electron chi connectivity index (χ1n) is 4.70. The van der Waals surface area contributed by atoms with Gasteiger partial charge in [0.2, 0.25) is 5.91 Å². The number of benzene rings is 1. The molecule has 4 heteroatoms. The van der Waals surface area contributed by atoms with Crippen molar-refractivity contribution in [3.63, 3.8) is 0 Å². The number of ether oxygens (including phenoxy) is 1. The summed E-state index contributed by atoms with van der Waals surface area (Å²) in [5.41, 5.74) is 0.757. The van der Waals surface area contributed by atoms with E-state index in [1.54, 1.807) is 20.2 Å². The van der Waals surface area contributed by atoms with Crippen LogP contribution in [0, 0.1) is 0 Å². The highest BCUT2D eigenvalue weighted by Gasteiger charge is 2.10. The van der Waals surface area contributed by atoms with Crippen LogP contribution in [-0.2, 0) is 4.79 Å². The quantitative estimate of drug-likeness (QED) is 0.806. The van der Waals surface area contributed by atoms with Crippen molar-refractivity contribution in [1.82, 2.24) is 0 Å². The third-order valence-corrected chi connectivity index (χ3v) is 2.14. The molecular formula is C11H15NO3. The van der Waals surface area contributed by atoms with Gasteiger partial charge in [-0.15, -0.1) is 0 Å². The maximum atomic E-state index is 11.5. The van der Waals surface area contributed by atoms with Crippen molar-refractivity contribution in [1.29, 1.82) is 0 Å². The van der Waals surface area contributed by atoms with E-state index in [1.807, 2.05) is 18.2 Å². The van der Waals surface area contributed by atoms with E-state index in [0.717, 1.165) is 5.69 Å². The Morgan fingerprint density at radius 1 is 1.53 bits per heavy atom. The number of hydrogen-bond donors (Lipinski definition) is 1. The zero-order valence-corrected chi connectivity index (χ0v) is 8.93. The molecule has 0 atom stereocenters. The average Bonchev–Trinajstić information content (AvgIpc) is 2.28. The number of nitrogens with zero attached hydrogens (tertiary/aromatic N) is 1. The number of amides is 1. The summed E-state index contributed by atoms with van der Waals surface area (Å²) in [6.45, 7) is -0.132. The first kappa shape index (κ1) is 11.5. The van der Waals surface area contributed by atoms with Gasteiger partial charge in [0, 0.05) is 18.8 Å². The number of anilines is 1. The molecule has 0 aliphatic carbocycles. The Bertz CT molecular complexity index is 338. The van der Waals surface area contributed by atoms with Crippen molar-refractivity contribution >= 4 is 11.6 Å². The SMILES string of the molecule is COc1cccc(N(C)C(=O)CCO)c1. The van der Waals surface area contributed by atoms with Crippen molar-refractivity contribution in [3.8, 4) is 5.75 Å². The number of methoxy groups -OCH3 is 1. The third-order valence-electron chi connectivity index (χ3n) is 2.14. The fourth-order valence-corrected chi connectivity index (χ4v) is 1.23. The lowest BCUT2D eigenvalue weighted by molar-refractivity contribution is -0.118. The van der Waals surface area contributed by atoms with Gasteiger partial charge in [0.1, 0.15) is 5.75 Å². The second kappa shape index (κ2) is 5.36. The molecule has 82 valence electrons. The van der Waals surface area contributed by atoms with E-state index in [1.165, 1.54) is 4.90 Å². The van der Waals surface area contributed by atoms with Crippen LogP contribution >= 0.6 is 0 Å². The minimum absolute atomic E-state index is 0.120. The second-order valence-electron chi connectivity index (χ2n) is 3.13. The summed E-state index contributed by atoms with van der Waals surface area (Å²) in [4.78, 5) is 13.0. The first-order valence-corrected chi connectivity index (χ1v) is 4.70. The van der Waals surface area contributed by atoms with Crippen LogP contribution in [0.4, 0.5) is 5.69 Å². The summed E-state index contributed by atoms with van der Waals surface area (Å²) in [7, 11) is 3.25. The van der Waals surface area contributed by atoms with Crippen molar-refractivity contribution in [2.24, 2.45) is 0 Å². The predicted octanol–water partition coefficient (Wildman–Crippen LogP) is 1.04. The van der Waals surface area contributed by atoms with Crippen molar-refractivity contribution < 1.29 is 14.6 Å². The van der Waals surface area contributed by atoms with E-state index in [0.29, 0.717) is 5.75 Å². The standard InChI is InChI=1S/C11H15NO3/c1-12(11(14)6-7-13)9-4-3-5-10(8-9)15-2/h3-5,8,13H,6-7H2,1-2H3. The van der Waals surface area contributed by atoms with Crippen LogP contribution in [0.15, 0.2) is 24.3 Å². The number of carbonyl (C=O) groups excluding carboxylic acids is 1. The van der Waals surface area contributed by atoms with Crippen LogP contribution in [0.5, 0.6) is 5.75 Å². The molecule has 0 aromatic heterocycles.